The predicted molar refractivity (Wildman–Crippen MR) is 108 cm³/mol. The molecule has 28 heavy (non-hydrogen) atoms. The molecular weight excluding hydrogens is 354 g/mol. The Morgan fingerprint density at radius 2 is 1.96 bits per heavy atom. The maximum Gasteiger partial charge on any atom is 0.295 e. The van der Waals surface area contributed by atoms with Crippen LogP contribution in [0, 0.1) is 13.8 Å². The van der Waals surface area contributed by atoms with Crippen molar-refractivity contribution in [1.29, 1.82) is 0 Å². The Morgan fingerprint density at radius 1 is 1.21 bits per heavy atom. The van der Waals surface area contributed by atoms with Crippen LogP contribution in [0.5, 0.6) is 0 Å². The molecule has 2 heterocycles. The number of amides is 1. The molecule has 1 atom stereocenters. The molecule has 0 bridgehead atoms. The van der Waals surface area contributed by atoms with Gasteiger partial charge in [-0.3, -0.25) is 14.6 Å². The van der Waals surface area contributed by atoms with Crippen molar-refractivity contribution in [1.82, 2.24) is 14.8 Å². The number of likely N-dealkylation sites (tertiary alicyclic amines) is 1. The molecule has 3 rings (SSSR count). The van der Waals surface area contributed by atoms with E-state index in [0.717, 1.165) is 11.1 Å². The Labute approximate surface area is 165 Å². The number of Topliss-reactive ketones (excluding diaryl/α,β-unsaturated/α-hetero) is 1. The molecule has 0 spiro atoms. The summed E-state index contributed by atoms with van der Waals surface area (Å²) in [5.74, 6) is -1.39. The molecule has 1 aromatic heterocycles. The average Bonchev–Trinajstić information content (AvgIpc) is 2.93. The minimum atomic E-state index is -0.661. The van der Waals surface area contributed by atoms with Gasteiger partial charge in [0.15, 0.2) is 0 Å². The molecule has 1 unspecified atom stereocenters. The first kappa shape index (κ1) is 19.8. The maximum atomic E-state index is 12.9. The second-order valence-corrected chi connectivity index (χ2v) is 7.40. The highest BCUT2D eigenvalue weighted by Gasteiger charge is 2.46. The Morgan fingerprint density at radius 3 is 2.61 bits per heavy atom. The van der Waals surface area contributed by atoms with E-state index in [-0.39, 0.29) is 11.3 Å². The van der Waals surface area contributed by atoms with Gasteiger partial charge in [0, 0.05) is 31.0 Å². The van der Waals surface area contributed by atoms with Crippen molar-refractivity contribution in [2.75, 3.05) is 27.2 Å². The van der Waals surface area contributed by atoms with Crippen molar-refractivity contribution in [3.63, 3.8) is 0 Å². The fraction of sp³-hybridized carbons (Fsp3) is 0.318. The summed E-state index contributed by atoms with van der Waals surface area (Å²) in [4.78, 5) is 33.3. The van der Waals surface area contributed by atoms with E-state index in [1.165, 1.54) is 4.90 Å². The highest BCUT2D eigenvalue weighted by Crippen LogP contribution is 2.39. The van der Waals surface area contributed by atoms with Gasteiger partial charge in [-0.2, -0.15) is 0 Å². The van der Waals surface area contributed by atoms with E-state index in [4.69, 9.17) is 0 Å². The zero-order valence-electron chi connectivity index (χ0n) is 16.6. The van der Waals surface area contributed by atoms with E-state index < -0.39 is 17.7 Å². The van der Waals surface area contributed by atoms with Gasteiger partial charge in [-0.25, -0.2) is 0 Å². The van der Waals surface area contributed by atoms with Gasteiger partial charge in [-0.15, -0.1) is 0 Å². The Kier molecular flexibility index (Phi) is 5.61. The third-order valence-corrected chi connectivity index (χ3v) is 4.98. The molecular formula is C22H25N3O3. The largest absolute Gasteiger partial charge is 0.507 e. The van der Waals surface area contributed by atoms with E-state index in [2.05, 4.69) is 4.98 Å². The number of hydrogen-bond donors (Lipinski definition) is 1. The molecule has 6 nitrogen and oxygen atoms in total. The highest BCUT2D eigenvalue weighted by atomic mass is 16.3. The van der Waals surface area contributed by atoms with Crippen LogP contribution in [0.3, 0.4) is 0 Å². The van der Waals surface area contributed by atoms with Crippen molar-refractivity contribution in [3.8, 4) is 0 Å². The quantitative estimate of drug-likeness (QED) is 0.491. The first-order chi connectivity index (χ1) is 13.3. The number of aliphatic hydroxyl groups excluding tert-OH is 1. The van der Waals surface area contributed by atoms with Crippen LogP contribution < -0.4 is 0 Å². The topological polar surface area (TPSA) is 73.7 Å². The lowest BCUT2D eigenvalue weighted by Gasteiger charge is -2.26. The maximum absolute atomic E-state index is 12.9. The third kappa shape index (κ3) is 3.68. The molecule has 1 saturated heterocycles. The second kappa shape index (κ2) is 7.94. The monoisotopic (exact) mass is 379 g/mol. The van der Waals surface area contributed by atoms with Crippen molar-refractivity contribution >= 4 is 17.4 Å². The lowest BCUT2D eigenvalue weighted by molar-refractivity contribution is -0.140. The number of carbonyl (C=O) groups excluding carboxylic acids is 2. The number of nitrogens with zero attached hydrogens (tertiary/aromatic N) is 3. The molecule has 0 radical (unpaired) electrons. The van der Waals surface area contributed by atoms with Crippen LogP contribution in [-0.4, -0.2) is 58.8 Å². The Balaban J connectivity index is 2.18. The van der Waals surface area contributed by atoms with Gasteiger partial charge in [0.25, 0.3) is 11.7 Å². The van der Waals surface area contributed by atoms with Crippen molar-refractivity contribution in [2.24, 2.45) is 0 Å². The van der Waals surface area contributed by atoms with E-state index in [1.807, 2.05) is 57.1 Å². The van der Waals surface area contributed by atoms with E-state index in [9.17, 15) is 14.7 Å². The van der Waals surface area contributed by atoms with Gasteiger partial charge in [0.2, 0.25) is 0 Å². The summed E-state index contributed by atoms with van der Waals surface area (Å²) in [7, 11) is 3.82. The van der Waals surface area contributed by atoms with Crippen LogP contribution >= 0.6 is 0 Å². The minimum Gasteiger partial charge on any atom is -0.507 e. The highest BCUT2D eigenvalue weighted by molar-refractivity contribution is 6.46. The molecule has 2 aromatic rings. The molecule has 0 aliphatic carbocycles. The SMILES string of the molecule is Cc1ccc(C)c(/C(O)=C2/C(=O)C(=O)N(CCN(C)C)C2c2cccnc2)c1. The summed E-state index contributed by atoms with van der Waals surface area (Å²) in [6, 6.07) is 8.60. The van der Waals surface area contributed by atoms with Gasteiger partial charge in [-0.05, 0) is 51.2 Å². The smallest absolute Gasteiger partial charge is 0.295 e. The summed E-state index contributed by atoms with van der Waals surface area (Å²) in [6.07, 6.45) is 3.27. The molecule has 6 heteroatoms. The van der Waals surface area contributed by atoms with Crippen LogP contribution in [0.4, 0.5) is 0 Å². The number of ketones is 1. The second-order valence-electron chi connectivity index (χ2n) is 7.40. The van der Waals surface area contributed by atoms with Crippen LogP contribution in [-0.2, 0) is 9.59 Å². The average molecular weight is 379 g/mol. The van der Waals surface area contributed by atoms with Gasteiger partial charge in [-0.1, -0.05) is 23.8 Å². The summed E-state index contributed by atoms with van der Waals surface area (Å²) >= 11 is 0. The predicted octanol–water partition coefficient (Wildman–Crippen LogP) is 2.68. The molecule has 1 aliphatic rings. The van der Waals surface area contributed by atoms with Crippen LogP contribution in [0.15, 0.2) is 48.3 Å². The number of hydrogen-bond acceptors (Lipinski definition) is 5. The number of pyridine rings is 1. The van der Waals surface area contributed by atoms with Gasteiger partial charge in [0.05, 0.1) is 11.6 Å². The lowest BCUT2D eigenvalue weighted by atomic mass is 9.94. The number of carbonyl (C=O) groups is 2. The first-order valence-corrected chi connectivity index (χ1v) is 9.22. The molecule has 1 aliphatic heterocycles. The van der Waals surface area contributed by atoms with Crippen molar-refractivity contribution < 1.29 is 14.7 Å². The van der Waals surface area contributed by atoms with E-state index >= 15 is 0 Å². The first-order valence-electron chi connectivity index (χ1n) is 9.22. The lowest BCUT2D eigenvalue weighted by Crippen LogP contribution is -2.35. The van der Waals surface area contributed by atoms with Gasteiger partial charge in [0.1, 0.15) is 5.76 Å². The van der Waals surface area contributed by atoms with E-state index in [0.29, 0.717) is 24.2 Å². The number of aryl methyl sites for hydroxylation is 2. The summed E-state index contributed by atoms with van der Waals surface area (Å²) in [5, 5.41) is 11.1. The van der Waals surface area contributed by atoms with Crippen LogP contribution in [0.25, 0.3) is 5.76 Å². The van der Waals surface area contributed by atoms with Gasteiger partial charge >= 0.3 is 0 Å². The molecule has 146 valence electrons. The molecule has 1 aromatic carbocycles. The fourth-order valence-corrected chi connectivity index (χ4v) is 3.44. The zero-order chi connectivity index (χ0) is 20.4. The Bertz CT molecular complexity index is 935. The standard InChI is InChI=1S/C22H25N3O3/c1-14-7-8-15(2)17(12-14)20(26)18-19(16-6-5-9-23-13-16)25(11-10-24(3)4)22(28)21(18)27/h5-9,12-13,19,26H,10-11H2,1-4H3/b20-18-. The fourth-order valence-electron chi connectivity index (χ4n) is 3.44. The van der Waals surface area contributed by atoms with Crippen LogP contribution in [0.1, 0.15) is 28.3 Å². The molecule has 0 saturated carbocycles. The van der Waals surface area contributed by atoms with Crippen LogP contribution in [0.2, 0.25) is 0 Å². The zero-order valence-corrected chi connectivity index (χ0v) is 16.6. The molecule has 1 N–H and O–H groups in total. The summed E-state index contributed by atoms with van der Waals surface area (Å²) in [5.41, 5.74) is 3.19. The number of aromatic nitrogens is 1. The summed E-state index contributed by atoms with van der Waals surface area (Å²) < 4.78 is 0. The molecule has 1 fully saturated rings. The third-order valence-electron chi connectivity index (χ3n) is 4.98. The summed E-state index contributed by atoms with van der Waals surface area (Å²) in [6.45, 7) is 4.77. The minimum absolute atomic E-state index is 0.116. The van der Waals surface area contributed by atoms with E-state index in [1.54, 1.807) is 18.5 Å². The Hall–Kier alpha value is -2.99. The number of aliphatic hydroxyl groups is 1. The number of likely N-dealkylation sites (N-methyl/N-ethyl adjacent to an activating group) is 1. The van der Waals surface area contributed by atoms with Crippen molar-refractivity contribution in [3.05, 3.63) is 70.6 Å². The van der Waals surface area contributed by atoms with Gasteiger partial charge < -0.3 is 14.9 Å². The van der Waals surface area contributed by atoms with Crippen molar-refractivity contribution in [2.45, 2.75) is 19.9 Å². The number of rotatable bonds is 5. The number of benzene rings is 1. The normalized spacial score (nSPS) is 18.9. The molecule has 1 amide bonds.